The molecule has 2 aromatic rings. The summed E-state index contributed by atoms with van der Waals surface area (Å²) in [6, 6.07) is 12.5. The van der Waals surface area contributed by atoms with Crippen molar-refractivity contribution in [2.24, 2.45) is 0 Å². The molecule has 128 valence electrons. The van der Waals surface area contributed by atoms with Gasteiger partial charge in [-0.05, 0) is 57.4 Å². The molecule has 0 saturated carbocycles. The van der Waals surface area contributed by atoms with E-state index in [1.165, 1.54) is 12.8 Å². The Hall–Kier alpha value is -1.78. The van der Waals surface area contributed by atoms with Gasteiger partial charge in [0, 0.05) is 37.6 Å². The first-order valence-electron chi connectivity index (χ1n) is 8.88. The summed E-state index contributed by atoms with van der Waals surface area (Å²) in [6.07, 6.45) is 3.94. The minimum atomic E-state index is 0.327. The van der Waals surface area contributed by atoms with E-state index in [4.69, 9.17) is 4.74 Å². The first-order valence-corrected chi connectivity index (χ1v) is 8.88. The molecule has 24 heavy (non-hydrogen) atoms. The average Bonchev–Trinajstić information content (AvgIpc) is 2.56. The summed E-state index contributed by atoms with van der Waals surface area (Å²) in [5, 5.41) is 0. The Balaban J connectivity index is 1.71. The molecule has 1 fully saturated rings. The van der Waals surface area contributed by atoms with E-state index >= 15 is 0 Å². The molecule has 0 N–H and O–H groups in total. The Morgan fingerprint density at radius 1 is 0.958 bits per heavy atom. The Kier molecular flexibility index (Phi) is 5.94. The van der Waals surface area contributed by atoms with Crippen molar-refractivity contribution in [1.82, 2.24) is 14.9 Å². The van der Waals surface area contributed by atoms with Gasteiger partial charge in [0.25, 0.3) is 0 Å². The summed E-state index contributed by atoms with van der Waals surface area (Å²) >= 11 is 0. The van der Waals surface area contributed by atoms with E-state index in [1.807, 2.05) is 26.0 Å². The molecule has 0 aliphatic carbocycles. The molecule has 0 aromatic carbocycles. The third kappa shape index (κ3) is 5.11. The minimum Gasteiger partial charge on any atom is -0.377 e. The second kappa shape index (κ2) is 8.36. The van der Waals surface area contributed by atoms with E-state index < -0.39 is 0 Å². The number of hydrogen-bond acceptors (Lipinski definition) is 4. The predicted molar refractivity (Wildman–Crippen MR) is 95.7 cm³/mol. The van der Waals surface area contributed by atoms with Crippen molar-refractivity contribution in [1.29, 1.82) is 0 Å². The van der Waals surface area contributed by atoms with Gasteiger partial charge < -0.3 is 4.74 Å². The number of nitrogens with zero attached hydrogens (tertiary/aromatic N) is 3. The zero-order chi connectivity index (χ0) is 16.8. The van der Waals surface area contributed by atoms with E-state index in [9.17, 15) is 0 Å². The standard InChI is InChI=1S/C20H27N3O/c1-16-7-5-9-18(21-16)13-23(15-20-11-3-4-12-24-20)14-19-10-6-8-17(2)22-19/h5-10,20H,3-4,11-15H2,1-2H3/t20-/m0/s1. The molecule has 2 aromatic heterocycles. The maximum absolute atomic E-state index is 5.95. The quantitative estimate of drug-likeness (QED) is 0.812. The molecule has 0 spiro atoms. The van der Waals surface area contributed by atoms with Crippen LogP contribution in [0.5, 0.6) is 0 Å². The summed E-state index contributed by atoms with van der Waals surface area (Å²) < 4.78 is 5.95. The molecule has 4 heteroatoms. The molecule has 1 aliphatic heterocycles. The molecule has 0 amide bonds. The van der Waals surface area contributed by atoms with Gasteiger partial charge >= 0.3 is 0 Å². The molecule has 1 saturated heterocycles. The maximum Gasteiger partial charge on any atom is 0.0702 e. The Labute approximate surface area is 144 Å². The van der Waals surface area contributed by atoms with Gasteiger partial charge in [0.1, 0.15) is 0 Å². The number of ether oxygens (including phenoxy) is 1. The highest BCUT2D eigenvalue weighted by atomic mass is 16.5. The van der Waals surface area contributed by atoms with Crippen molar-refractivity contribution in [3.63, 3.8) is 0 Å². The van der Waals surface area contributed by atoms with Crippen LogP contribution >= 0.6 is 0 Å². The minimum absolute atomic E-state index is 0.327. The summed E-state index contributed by atoms with van der Waals surface area (Å²) in [5.74, 6) is 0. The Bertz CT molecular complexity index is 605. The number of pyridine rings is 2. The number of hydrogen-bond donors (Lipinski definition) is 0. The summed E-state index contributed by atoms with van der Waals surface area (Å²) in [7, 11) is 0. The normalized spacial score (nSPS) is 18.0. The van der Waals surface area contributed by atoms with Crippen molar-refractivity contribution in [3.8, 4) is 0 Å². The van der Waals surface area contributed by atoms with E-state index in [0.29, 0.717) is 6.10 Å². The molecular weight excluding hydrogens is 298 g/mol. The smallest absolute Gasteiger partial charge is 0.0702 e. The Morgan fingerprint density at radius 2 is 1.58 bits per heavy atom. The van der Waals surface area contributed by atoms with E-state index in [1.54, 1.807) is 0 Å². The fraction of sp³-hybridized carbons (Fsp3) is 0.500. The number of rotatable bonds is 6. The summed E-state index contributed by atoms with van der Waals surface area (Å²) in [4.78, 5) is 11.7. The van der Waals surface area contributed by atoms with Crippen LogP contribution < -0.4 is 0 Å². The van der Waals surface area contributed by atoms with E-state index in [-0.39, 0.29) is 0 Å². The van der Waals surface area contributed by atoms with Crippen LogP contribution in [-0.4, -0.2) is 34.1 Å². The second-order valence-electron chi connectivity index (χ2n) is 6.70. The van der Waals surface area contributed by atoms with E-state index in [2.05, 4.69) is 39.1 Å². The number of aromatic nitrogens is 2. The maximum atomic E-state index is 5.95. The lowest BCUT2D eigenvalue weighted by Crippen LogP contribution is -2.35. The molecule has 0 bridgehead atoms. The zero-order valence-corrected chi connectivity index (χ0v) is 14.7. The molecule has 1 aliphatic rings. The third-order valence-electron chi connectivity index (χ3n) is 4.40. The lowest BCUT2D eigenvalue weighted by Gasteiger charge is -2.29. The van der Waals surface area contributed by atoms with Crippen LogP contribution in [0, 0.1) is 13.8 Å². The SMILES string of the molecule is Cc1cccc(CN(Cc2cccc(C)n2)C[C@@H]2CCCCO2)n1. The largest absolute Gasteiger partial charge is 0.377 e. The van der Waals surface area contributed by atoms with Gasteiger partial charge in [0.05, 0.1) is 17.5 Å². The summed E-state index contributed by atoms with van der Waals surface area (Å²) in [6.45, 7) is 7.57. The van der Waals surface area contributed by atoms with Crippen LogP contribution in [0.25, 0.3) is 0 Å². The van der Waals surface area contributed by atoms with Crippen LogP contribution in [0.1, 0.15) is 42.0 Å². The van der Waals surface area contributed by atoms with Crippen LogP contribution in [0.15, 0.2) is 36.4 Å². The average molecular weight is 325 g/mol. The van der Waals surface area contributed by atoms with Crippen molar-refractivity contribution in [2.75, 3.05) is 13.2 Å². The van der Waals surface area contributed by atoms with Gasteiger partial charge in [-0.2, -0.15) is 0 Å². The van der Waals surface area contributed by atoms with Crippen LogP contribution in [0.3, 0.4) is 0 Å². The van der Waals surface area contributed by atoms with Gasteiger partial charge in [-0.1, -0.05) is 12.1 Å². The Morgan fingerprint density at radius 3 is 2.08 bits per heavy atom. The first-order chi connectivity index (χ1) is 11.7. The van der Waals surface area contributed by atoms with Crippen LogP contribution in [0.2, 0.25) is 0 Å². The third-order valence-corrected chi connectivity index (χ3v) is 4.40. The van der Waals surface area contributed by atoms with Crippen molar-refractivity contribution in [3.05, 3.63) is 59.2 Å². The first kappa shape index (κ1) is 17.1. The molecule has 0 unspecified atom stereocenters. The van der Waals surface area contributed by atoms with Crippen LogP contribution in [-0.2, 0) is 17.8 Å². The van der Waals surface area contributed by atoms with Gasteiger partial charge in [-0.15, -0.1) is 0 Å². The zero-order valence-electron chi connectivity index (χ0n) is 14.7. The van der Waals surface area contributed by atoms with Crippen molar-refractivity contribution < 1.29 is 4.74 Å². The molecule has 4 nitrogen and oxygen atoms in total. The molecule has 3 rings (SSSR count). The lowest BCUT2D eigenvalue weighted by atomic mass is 10.1. The van der Waals surface area contributed by atoms with Gasteiger partial charge in [-0.25, -0.2) is 0 Å². The lowest BCUT2D eigenvalue weighted by molar-refractivity contribution is -0.00912. The van der Waals surface area contributed by atoms with Crippen LogP contribution in [0.4, 0.5) is 0 Å². The molecule has 3 heterocycles. The van der Waals surface area contributed by atoms with Gasteiger partial charge in [0.2, 0.25) is 0 Å². The molecular formula is C20H27N3O. The topological polar surface area (TPSA) is 38.2 Å². The van der Waals surface area contributed by atoms with Crippen molar-refractivity contribution >= 4 is 0 Å². The van der Waals surface area contributed by atoms with Gasteiger partial charge in [-0.3, -0.25) is 14.9 Å². The predicted octanol–water partition coefficient (Wildman–Crippen LogP) is 3.66. The van der Waals surface area contributed by atoms with Gasteiger partial charge in [0.15, 0.2) is 0 Å². The molecule has 1 atom stereocenters. The van der Waals surface area contributed by atoms with Crippen molar-refractivity contribution in [2.45, 2.75) is 52.3 Å². The highest BCUT2D eigenvalue weighted by molar-refractivity contribution is 5.12. The summed E-state index contributed by atoms with van der Waals surface area (Å²) in [5.41, 5.74) is 4.35. The fourth-order valence-corrected chi connectivity index (χ4v) is 3.26. The second-order valence-corrected chi connectivity index (χ2v) is 6.70. The number of aryl methyl sites for hydroxylation is 2. The highest BCUT2D eigenvalue weighted by Gasteiger charge is 2.19. The highest BCUT2D eigenvalue weighted by Crippen LogP contribution is 2.17. The molecule has 0 radical (unpaired) electrons. The fourth-order valence-electron chi connectivity index (χ4n) is 3.26. The monoisotopic (exact) mass is 325 g/mol. The van der Waals surface area contributed by atoms with E-state index in [0.717, 1.165) is 55.4 Å².